The Morgan fingerprint density at radius 3 is 2.57 bits per heavy atom. The smallest absolute Gasteiger partial charge is 0.238 e. The van der Waals surface area contributed by atoms with Gasteiger partial charge in [-0.1, -0.05) is 12.1 Å². The van der Waals surface area contributed by atoms with Crippen molar-refractivity contribution in [1.29, 1.82) is 0 Å². The summed E-state index contributed by atoms with van der Waals surface area (Å²) >= 11 is 0. The van der Waals surface area contributed by atoms with Gasteiger partial charge in [-0.3, -0.25) is 0 Å². The Kier molecular flexibility index (Phi) is 4.44. The number of rotatable bonds is 7. The molecule has 0 radical (unpaired) electrons. The molecular weight excluding hydrogens is 314 g/mol. The molecule has 0 aliphatic heterocycles. The van der Waals surface area contributed by atoms with Crippen LogP contribution in [0.2, 0.25) is 0 Å². The van der Waals surface area contributed by atoms with Crippen LogP contribution in [0.4, 0.5) is 11.8 Å². The van der Waals surface area contributed by atoms with Crippen molar-refractivity contribution < 1.29 is 8.42 Å². The SMILES string of the molecule is NS(=O)(=O)c1ccc(CCNc2ccnc(NC3CC3)n2)cc1. The normalized spacial score (nSPS) is 14.5. The molecule has 0 saturated heterocycles. The van der Waals surface area contributed by atoms with E-state index in [1.807, 2.05) is 6.07 Å². The highest BCUT2D eigenvalue weighted by Gasteiger charge is 2.21. The third-order valence-corrected chi connectivity index (χ3v) is 4.47. The molecule has 0 amide bonds. The van der Waals surface area contributed by atoms with Crippen LogP contribution in [0.25, 0.3) is 0 Å². The third-order valence-electron chi connectivity index (χ3n) is 3.54. The average Bonchev–Trinajstić information content (AvgIpc) is 3.31. The zero-order chi connectivity index (χ0) is 16.3. The van der Waals surface area contributed by atoms with Gasteiger partial charge in [0.15, 0.2) is 0 Å². The number of nitrogens with one attached hydrogen (secondary N) is 2. The molecule has 2 aromatic rings. The average molecular weight is 333 g/mol. The Bertz CT molecular complexity index is 773. The predicted octanol–water partition coefficient (Wildman–Crippen LogP) is 1.35. The third kappa shape index (κ3) is 4.64. The summed E-state index contributed by atoms with van der Waals surface area (Å²) in [7, 11) is -3.63. The lowest BCUT2D eigenvalue weighted by Gasteiger charge is -2.08. The second kappa shape index (κ2) is 6.51. The molecule has 8 heteroatoms. The van der Waals surface area contributed by atoms with Gasteiger partial charge in [0.05, 0.1) is 4.90 Å². The predicted molar refractivity (Wildman–Crippen MR) is 88.7 cm³/mol. The lowest BCUT2D eigenvalue weighted by Crippen LogP contribution is -2.12. The highest BCUT2D eigenvalue weighted by Crippen LogP contribution is 2.23. The zero-order valence-corrected chi connectivity index (χ0v) is 13.4. The molecule has 1 fully saturated rings. The molecule has 1 aliphatic rings. The van der Waals surface area contributed by atoms with Crippen LogP contribution in [0.3, 0.4) is 0 Å². The second-order valence-corrected chi connectivity index (χ2v) is 7.11. The molecule has 0 spiro atoms. The number of primary sulfonamides is 1. The monoisotopic (exact) mass is 333 g/mol. The van der Waals surface area contributed by atoms with Crippen molar-refractivity contribution in [3.05, 3.63) is 42.1 Å². The highest BCUT2D eigenvalue weighted by atomic mass is 32.2. The standard InChI is InChI=1S/C15H19N5O2S/c16-23(21,22)13-5-1-11(2-6-13)7-9-17-14-8-10-18-15(20-14)19-12-3-4-12/h1-2,5-6,8,10,12H,3-4,7,9H2,(H2,16,21,22)(H2,17,18,19,20). The van der Waals surface area contributed by atoms with E-state index in [0.717, 1.165) is 17.8 Å². The summed E-state index contributed by atoms with van der Waals surface area (Å²) in [5.41, 5.74) is 1.02. The minimum Gasteiger partial charge on any atom is -0.370 e. The van der Waals surface area contributed by atoms with E-state index < -0.39 is 10.0 Å². The number of anilines is 2. The van der Waals surface area contributed by atoms with E-state index in [1.54, 1.807) is 18.3 Å². The number of benzene rings is 1. The summed E-state index contributed by atoms with van der Waals surface area (Å²) in [6.45, 7) is 0.689. The quantitative estimate of drug-likeness (QED) is 0.705. The molecular formula is C15H19N5O2S. The highest BCUT2D eigenvalue weighted by molar-refractivity contribution is 7.89. The molecule has 7 nitrogen and oxygen atoms in total. The van der Waals surface area contributed by atoms with Crippen LogP contribution in [0.1, 0.15) is 18.4 Å². The first-order chi connectivity index (χ1) is 11.0. The molecule has 1 aromatic heterocycles. The van der Waals surface area contributed by atoms with E-state index in [-0.39, 0.29) is 4.90 Å². The molecule has 0 bridgehead atoms. The van der Waals surface area contributed by atoms with Crippen molar-refractivity contribution in [2.24, 2.45) is 5.14 Å². The number of aromatic nitrogens is 2. The molecule has 23 heavy (non-hydrogen) atoms. The van der Waals surface area contributed by atoms with Crippen molar-refractivity contribution in [2.45, 2.75) is 30.2 Å². The molecule has 1 saturated carbocycles. The summed E-state index contributed by atoms with van der Waals surface area (Å²) in [4.78, 5) is 8.71. The maximum Gasteiger partial charge on any atom is 0.238 e. The second-order valence-electron chi connectivity index (χ2n) is 5.55. The van der Waals surface area contributed by atoms with E-state index in [9.17, 15) is 8.42 Å². The van der Waals surface area contributed by atoms with Crippen molar-refractivity contribution in [2.75, 3.05) is 17.2 Å². The van der Waals surface area contributed by atoms with Gasteiger partial charge in [0, 0.05) is 18.8 Å². The minimum absolute atomic E-state index is 0.126. The number of nitrogens with two attached hydrogens (primary N) is 1. The first-order valence-corrected chi connectivity index (χ1v) is 9.00. The van der Waals surface area contributed by atoms with Gasteiger partial charge >= 0.3 is 0 Å². The van der Waals surface area contributed by atoms with Gasteiger partial charge in [-0.15, -0.1) is 0 Å². The Morgan fingerprint density at radius 1 is 1.17 bits per heavy atom. The van der Waals surface area contributed by atoms with Gasteiger partial charge in [-0.25, -0.2) is 18.5 Å². The number of hydrogen-bond acceptors (Lipinski definition) is 6. The van der Waals surface area contributed by atoms with Crippen molar-refractivity contribution in [3.63, 3.8) is 0 Å². The molecule has 1 heterocycles. The van der Waals surface area contributed by atoms with Gasteiger partial charge in [0.2, 0.25) is 16.0 Å². The van der Waals surface area contributed by atoms with Crippen LogP contribution >= 0.6 is 0 Å². The first kappa shape index (κ1) is 15.7. The maximum atomic E-state index is 11.2. The summed E-state index contributed by atoms with van der Waals surface area (Å²) in [6.07, 6.45) is 4.83. The van der Waals surface area contributed by atoms with Crippen molar-refractivity contribution in [3.8, 4) is 0 Å². The molecule has 122 valence electrons. The van der Waals surface area contributed by atoms with Gasteiger partial charge in [-0.2, -0.15) is 4.98 Å². The Morgan fingerprint density at radius 2 is 1.91 bits per heavy atom. The molecule has 0 atom stereocenters. The van der Waals surface area contributed by atoms with Gasteiger partial charge in [-0.05, 0) is 43.0 Å². The van der Waals surface area contributed by atoms with E-state index in [1.165, 1.54) is 25.0 Å². The molecule has 1 aromatic carbocycles. The van der Waals surface area contributed by atoms with E-state index >= 15 is 0 Å². The summed E-state index contributed by atoms with van der Waals surface area (Å²) in [5.74, 6) is 1.42. The van der Waals surface area contributed by atoms with Crippen LogP contribution in [-0.2, 0) is 16.4 Å². The van der Waals surface area contributed by atoms with Crippen LogP contribution in [0.15, 0.2) is 41.4 Å². The first-order valence-electron chi connectivity index (χ1n) is 7.46. The van der Waals surface area contributed by atoms with Crippen LogP contribution in [0, 0.1) is 0 Å². The minimum atomic E-state index is -3.63. The molecule has 0 unspecified atom stereocenters. The molecule has 3 rings (SSSR count). The van der Waals surface area contributed by atoms with Crippen LogP contribution < -0.4 is 15.8 Å². The number of sulfonamides is 1. The maximum absolute atomic E-state index is 11.2. The van der Waals surface area contributed by atoms with Crippen molar-refractivity contribution >= 4 is 21.8 Å². The lowest BCUT2D eigenvalue weighted by atomic mass is 10.1. The lowest BCUT2D eigenvalue weighted by molar-refractivity contribution is 0.598. The largest absolute Gasteiger partial charge is 0.370 e. The molecule has 1 aliphatic carbocycles. The molecule has 4 N–H and O–H groups in total. The summed E-state index contributed by atoms with van der Waals surface area (Å²) in [6, 6.07) is 8.91. The zero-order valence-electron chi connectivity index (χ0n) is 12.6. The number of nitrogens with zero attached hydrogens (tertiary/aromatic N) is 2. The summed E-state index contributed by atoms with van der Waals surface area (Å²) < 4.78 is 22.4. The van der Waals surface area contributed by atoms with E-state index in [0.29, 0.717) is 18.5 Å². The van der Waals surface area contributed by atoms with Crippen LogP contribution in [-0.4, -0.2) is 31.0 Å². The fourth-order valence-electron chi connectivity index (χ4n) is 2.12. The number of hydrogen-bond donors (Lipinski definition) is 3. The fourth-order valence-corrected chi connectivity index (χ4v) is 2.63. The van der Waals surface area contributed by atoms with Gasteiger partial charge in [0.25, 0.3) is 0 Å². The van der Waals surface area contributed by atoms with Gasteiger partial charge < -0.3 is 10.6 Å². The van der Waals surface area contributed by atoms with Crippen LogP contribution in [0.5, 0.6) is 0 Å². The van der Waals surface area contributed by atoms with E-state index in [4.69, 9.17) is 5.14 Å². The summed E-state index contributed by atoms with van der Waals surface area (Å²) in [5, 5.41) is 11.6. The Labute approximate surface area is 135 Å². The topological polar surface area (TPSA) is 110 Å². The van der Waals surface area contributed by atoms with E-state index in [2.05, 4.69) is 20.6 Å². The van der Waals surface area contributed by atoms with Crippen molar-refractivity contribution in [1.82, 2.24) is 9.97 Å². The Hall–Kier alpha value is -2.19. The Balaban J connectivity index is 1.52. The fraction of sp³-hybridized carbons (Fsp3) is 0.333. The van der Waals surface area contributed by atoms with Gasteiger partial charge in [0.1, 0.15) is 5.82 Å².